The molecule has 0 saturated heterocycles. The first kappa shape index (κ1) is 33.6. The molecule has 0 radical (unpaired) electrons. The molecule has 0 bridgehead atoms. The van der Waals surface area contributed by atoms with E-state index < -0.39 is 47.3 Å². The van der Waals surface area contributed by atoms with Gasteiger partial charge in [0.05, 0.1) is 18.9 Å². The molecule has 1 N–H and O–H groups in total. The van der Waals surface area contributed by atoms with Gasteiger partial charge in [0, 0.05) is 11.0 Å². The van der Waals surface area contributed by atoms with Crippen molar-refractivity contribution in [3.8, 4) is 0 Å². The smallest absolute Gasteiger partial charge is 0.333 e. The molecular formula is C34H43NO8. The Labute approximate surface area is 253 Å². The van der Waals surface area contributed by atoms with Crippen molar-refractivity contribution in [1.82, 2.24) is 5.48 Å². The maximum absolute atomic E-state index is 13.6. The summed E-state index contributed by atoms with van der Waals surface area (Å²) in [5, 5.41) is 0. The molecule has 6 atom stereocenters. The Morgan fingerprint density at radius 3 is 2.51 bits per heavy atom. The van der Waals surface area contributed by atoms with Crippen LogP contribution in [0.15, 0.2) is 65.8 Å². The molecule has 0 amide bonds. The number of allylic oxidation sites excluding steroid dienone is 3. The van der Waals surface area contributed by atoms with Gasteiger partial charge in [-0.3, -0.25) is 14.4 Å². The lowest BCUT2D eigenvalue weighted by Gasteiger charge is -2.48. The summed E-state index contributed by atoms with van der Waals surface area (Å²) < 4.78 is 10.8. The zero-order chi connectivity index (χ0) is 31.7. The molecule has 232 valence electrons. The number of carbonyl (C=O) groups excluding carboxylic acids is 5. The van der Waals surface area contributed by atoms with E-state index in [9.17, 15) is 24.0 Å². The first-order valence-corrected chi connectivity index (χ1v) is 14.8. The highest BCUT2D eigenvalue weighted by Crippen LogP contribution is 2.53. The number of methoxy groups -OCH3 is 1. The van der Waals surface area contributed by atoms with Crippen LogP contribution in [0, 0.1) is 23.2 Å². The summed E-state index contributed by atoms with van der Waals surface area (Å²) in [7, 11) is 1.24. The molecule has 1 aromatic carbocycles. The maximum Gasteiger partial charge on any atom is 0.333 e. The maximum atomic E-state index is 13.6. The fourth-order valence-electron chi connectivity index (χ4n) is 6.08. The van der Waals surface area contributed by atoms with Gasteiger partial charge in [-0.05, 0) is 61.3 Å². The highest BCUT2D eigenvalue weighted by molar-refractivity contribution is 6.00. The third kappa shape index (κ3) is 7.96. The summed E-state index contributed by atoms with van der Waals surface area (Å²) in [6.45, 7) is 11.5. The lowest BCUT2D eigenvalue weighted by atomic mass is 9.56. The van der Waals surface area contributed by atoms with Crippen molar-refractivity contribution in [1.29, 1.82) is 0 Å². The zero-order valence-electron chi connectivity index (χ0n) is 25.7. The predicted octanol–water partition coefficient (Wildman–Crippen LogP) is 5.32. The summed E-state index contributed by atoms with van der Waals surface area (Å²) in [6, 6.07) is 7.64. The lowest BCUT2D eigenvalue weighted by molar-refractivity contribution is -0.169. The molecule has 1 unspecified atom stereocenters. The van der Waals surface area contributed by atoms with Crippen LogP contribution < -0.4 is 5.48 Å². The average Bonchev–Trinajstić information content (AvgIpc) is 3.00. The monoisotopic (exact) mass is 593 g/mol. The number of ether oxygens (including phenoxy) is 2. The molecule has 3 rings (SSSR count). The van der Waals surface area contributed by atoms with Gasteiger partial charge in [-0.15, -0.1) is 5.48 Å². The van der Waals surface area contributed by atoms with Crippen molar-refractivity contribution in [2.24, 2.45) is 23.2 Å². The van der Waals surface area contributed by atoms with E-state index in [0.29, 0.717) is 23.0 Å². The van der Waals surface area contributed by atoms with Gasteiger partial charge in [0.15, 0.2) is 11.8 Å². The molecule has 2 aliphatic carbocycles. The van der Waals surface area contributed by atoms with E-state index in [-0.39, 0.29) is 36.5 Å². The average molecular weight is 594 g/mol. The number of rotatable bonds is 13. The first-order valence-electron chi connectivity index (χ1n) is 14.8. The second-order valence-corrected chi connectivity index (χ2v) is 11.8. The van der Waals surface area contributed by atoms with Crippen molar-refractivity contribution in [3.05, 3.63) is 71.3 Å². The molecule has 9 heteroatoms. The molecule has 0 aliphatic heterocycles. The van der Waals surface area contributed by atoms with Crippen LogP contribution in [0.25, 0.3) is 0 Å². The molecule has 0 heterocycles. The topological polar surface area (TPSA) is 125 Å². The van der Waals surface area contributed by atoms with Crippen LogP contribution >= 0.6 is 0 Å². The van der Waals surface area contributed by atoms with E-state index in [1.807, 2.05) is 13.0 Å². The number of hydrogen-bond donors (Lipinski definition) is 1. The summed E-state index contributed by atoms with van der Waals surface area (Å²) in [4.78, 5) is 69.4. The Hall–Kier alpha value is -3.85. The van der Waals surface area contributed by atoms with E-state index >= 15 is 0 Å². The Kier molecular flexibility index (Phi) is 11.8. The minimum atomic E-state index is -1.06. The van der Waals surface area contributed by atoms with Crippen molar-refractivity contribution in [2.75, 3.05) is 7.11 Å². The molecule has 2 aliphatic rings. The van der Waals surface area contributed by atoms with Gasteiger partial charge >= 0.3 is 17.9 Å². The highest BCUT2D eigenvalue weighted by atomic mass is 16.7. The largest absolute Gasteiger partial charge is 0.468 e. The van der Waals surface area contributed by atoms with E-state index in [1.165, 1.54) is 13.2 Å². The van der Waals surface area contributed by atoms with E-state index in [2.05, 4.69) is 25.9 Å². The molecule has 0 aromatic heterocycles. The number of nitrogens with one attached hydrogen (secondary N) is 1. The number of esters is 2. The van der Waals surface area contributed by atoms with Crippen molar-refractivity contribution in [3.63, 3.8) is 0 Å². The van der Waals surface area contributed by atoms with Gasteiger partial charge in [-0.2, -0.15) is 0 Å². The van der Waals surface area contributed by atoms with Gasteiger partial charge in [-0.1, -0.05) is 76.6 Å². The molecule has 9 nitrogen and oxygen atoms in total. The fraction of sp³-hybridized carbons (Fsp3) is 0.500. The van der Waals surface area contributed by atoms with Crippen LogP contribution in [-0.2, 0) is 38.3 Å². The van der Waals surface area contributed by atoms with Crippen LogP contribution in [0.1, 0.15) is 77.8 Å². The highest BCUT2D eigenvalue weighted by Gasteiger charge is 2.54. The Balaban J connectivity index is 1.87. The standard InChI is InChI=1S/C34H43NO8/c1-7-8-12-21(2)17-22(3)31(38)42-29-16-15-26(34(5)19-25(23(4)20-36)28(37)18-27(29)34)32(39)43-35-30(33(40)41-6)24-13-10-9-11-14-24/h9-11,13-14,17-18,20-21,25-26,29-30,35H,4,7-8,12,15-16,19H2,1-3,5-6H3/b22-17-/t21?,25-,26+,29+,30-,34+/m0/s1. The number of carbonyl (C=O) groups is 5. The number of fused-ring (bicyclic) bond motifs is 1. The van der Waals surface area contributed by atoms with Crippen molar-refractivity contribution < 1.29 is 38.3 Å². The minimum absolute atomic E-state index is 0.112. The third-order valence-electron chi connectivity index (χ3n) is 8.61. The van der Waals surface area contributed by atoms with Gasteiger partial charge in [0.1, 0.15) is 12.4 Å². The number of hydrogen-bond acceptors (Lipinski definition) is 9. The van der Waals surface area contributed by atoms with Crippen molar-refractivity contribution >= 4 is 30.0 Å². The van der Waals surface area contributed by atoms with Crippen LogP contribution in [0.5, 0.6) is 0 Å². The quantitative estimate of drug-likeness (QED) is 0.106. The summed E-state index contributed by atoms with van der Waals surface area (Å²) in [5.74, 6) is -3.46. The lowest BCUT2D eigenvalue weighted by Crippen LogP contribution is -2.50. The third-order valence-corrected chi connectivity index (χ3v) is 8.61. The predicted molar refractivity (Wildman–Crippen MR) is 160 cm³/mol. The van der Waals surface area contributed by atoms with Crippen molar-refractivity contribution in [2.45, 2.75) is 78.4 Å². The van der Waals surface area contributed by atoms with Gasteiger partial charge < -0.3 is 14.3 Å². The van der Waals surface area contributed by atoms with Gasteiger partial charge in [-0.25, -0.2) is 9.59 Å². The number of hydroxylamine groups is 1. The Morgan fingerprint density at radius 2 is 1.88 bits per heavy atom. The minimum Gasteiger partial charge on any atom is -0.468 e. The van der Waals surface area contributed by atoms with E-state index in [4.69, 9.17) is 14.3 Å². The van der Waals surface area contributed by atoms with Crippen LogP contribution in [-0.4, -0.2) is 43.2 Å². The summed E-state index contributed by atoms with van der Waals surface area (Å²) in [6.07, 6.45) is 6.90. The van der Waals surface area contributed by atoms with Crippen LogP contribution in [0.2, 0.25) is 0 Å². The number of unbranched alkanes of at least 4 members (excludes halogenated alkanes) is 1. The Bertz CT molecular complexity index is 1280. The molecule has 1 fully saturated rings. The second kappa shape index (κ2) is 15.0. The van der Waals surface area contributed by atoms with E-state index in [1.54, 1.807) is 37.3 Å². The summed E-state index contributed by atoms with van der Waals surface area (Å²) in [5.41, 5.74) is 3.22. The second-order valence-electron chi connectivity index (χ2n) is 11.8. The molecule has 1 saturated carbocycles. The molecule has 0 spiro atoms. The molecule has 43 heavy (non-hydrogen) atoms. The SMILES string of the molecule is C=C(C=O)[C@@H]1C[C@@]2(C)C(=CC1=O)[C@H](OC(=O)/C(C)=C\C(C)CCCC)CC[C@@H]2C(=O)ON[C@H](C(=O)OC)c1ccccc1. The van der Waals surface area contributed by atoms with E-state index in [0.717, 1.165) is 19.3 Å². The Morgan fingerprint density at radius 1 is 1.19 bits per heavy atom. The fourth-order valence-corrected chi connectivity index (χ4v) is 6.08. The summed E-state index contributed by atoms with van der Waals surface area (Å²) >= 11 is 0. The molecular weight excluding hydrogens is 550 g/mol. The number of benzene rings is 1. The van der Waals surface area contributed by atoms with Gasteiger partial charge in [0.25, 0.3) is 0 Å². The molecule has 1 aromatic rings. The number of ketones is 1. The zero-order valence-corrected chi connectivity index (χ0v) is 25.7. The van der Waals surface area contributed by atoms with Gasteiger partial charge in [0.2, 0.25) is 0 Å². The normalized spacial score (nSPS) is 25.0. The number of aldehydes is 1. The first-order chi connectivity index (χ1) is 20.5. The van der Waals surface area contributed by atoms with Crippen LogP contribution in [0.3, 0.4) is 0 Å². The van der Waals surface area contributed by atoms with Crippen LogP contribution in [0.4, 0.5) is 0 Å².